The number of pyridine rings is 1. The van der Waals surface area contributed by atoms with Crippen molar-refractivity contribution >= 4 is 5.70 Å². The fraction of sp³-hybridized carbons (Fsp3) is 0.250. The number of nitrogens with zero attached hydrogens (tertiary/aromatic N) is 1. The largest absolute Gasteiger partial charge is 0.484 e. The zero-order valence-corrected chi connectivity index (χ0v) is 14.5. The van der Waals surface area contributed by atoms with Gasteiger partial charge in [-0.3, -0.25) is 4.98 Å². The fourth-order valence-electron chi connectivity index (χ4n) is 3.05. The number of ether oxygens (including phenoxy) is 1. The van der Waals surface area contributed by atoms with Gasteiger partial charge in [0.2, 0.25) is 0 Å². The zero-order valence-electron chi connectivity index (χ0n) is 14.5. The maximum Gasteiger partial charge on any atom is 0.138 e. The predicted octanol–water partition coefficient (Wildman–Crippen LogP) is 3.81. The van der Waals surface area contributed by atoms with Crippen LogP contribution in [-0.2, 0) is 0 Å². The normalized spacial score (nSPS) is 18.1. The van der Waals surface area contributed by atoms with Gasteiger partial charge in [-0.2, -0.15) is 0 Å². The van der Waals surface area contributed by atoms with Crippen molar-refractivity contribution in [1.82, 2.24) is 4.98 Å². The average molecular weight is 357 g/mol. The lowest BCUT2D eigenvalue weighted by atomic mass is 9.92. The molecule has 0 amide bonds. The van der Waals surface area contributed by atoms with E-state index in [1.807, 2.05) is 13.0 Å². The van der Waals surface area contributed by atoms with E-state index in [0.29, 0.717) is 17.9 Å². The zero-order chi connectivity index (χ0) is 18.7. The number of allylic oxidation sites excluding steroid dienone is 2. The van der Waals surface area contributed by atoms with Gasteiger partial charge in [-0.25, -0.2) is 8.78 Å². The van der Waals surface area contributed by atoms with E-state index in [4.69, 9.17) is 16.2 Å². The minimum absolute atomic E-state index is 0.0129. The summed E-state index contributed by atoms with van der Waals surface area (Å²) in [6.45, 7) is 1.88. The third kappa shape index (κ3) is 3.85. The number of halogens is 2. The Bertz CT molecular complexity index is 857. The lowest BCUT2D eigenvalue weighted by molar-refractivity contribution is 0.213. The van der Waals surface area contributed by atoms with Crippen molar-refractivity contribution in [1.29, 1.82) is 0 Å². The summed E-state index contributed by atoms with van der Waals surface area (Å²) >= 11 is 0. The molecule has 1 aliphatic carbocycles. The van der Waals surface area contributed by atoms with Gasteiger partial charge in [-0.05, 0) is 56.0 Å². The monoisotopic (exact) mass is 357 g/mol. The van der Waals surface area contributed by atoms with E-state index in [-0.39, 0.29) is 17.4 Å². The van der Waals surface area contributed by atoms with Crippen LogP contribution in [0.2, 0.25) is 0 Å². The van der Waals surface area contributed by atoms with Crippen LogP contribution in [0.1, 0.15) is 30.5 Å². The highest BCUT2D eigenvalue weighted by Gasteiger charge is 2.22. The molecular weight excluding hydrogens is 336 g/mol. The van der Waals surface area contributed by atoms with Crippen molar-refractivity contribution in [3.05, 3.63) is 76.8 Å². The van der Waals surface area contributed by atoms with Gasteiger partial charge in [0, 0.05) is 23.7 Å². The summed E-state index contributed by atoms with van der Waals surface area (Å²) in [7, 11) is 0. The number of aromatic nitrogens is 1. The van der Waals surface area contributed by atoms with E-state index in [0.717, 1.165) is 24.1 Å². The first-order valence-corrected chi connectivity index (χ1v) is 8.45. The van der Waals surface area contributed by atoms with Gasteiger partial charge < -0.3 is 16.2 Å². The highest BCUT2D eigenvalue weighted by Crippen LogP contribution is 2.29. The lowest BCUT2D eigenvalue weighted by Crippen LogP contribution is -2.29. The number of aryl methyl sites for hydroxylation is 1. The topological polar surface area (TPSA) is 74.2 Å². The van der Waals surface area contributed by atoms with Gasteiger partial charge in [0.05, 0.1) is 11.3 Å². The average Bonchev–Trinajstić information content (AvgIpc) is 2.58. The molecule has 0 spiro atoms. The second-order valence-electron chi connectivity index (χ2n) is 6.31. The van der Waals surface area contributed by atoms with E-state index in [2.05, 4.69) is 4.98 Å². The van der Waals surface area contributed by atoms with Crippen molar-refractivity contribution in [3.63, 3.8) is 0 Å². The van der Waals surface area contributed by atoms with Crippen molar-refractivity contribution in [3.8, 4) is 5.75 Å². The van der Waals surface area contributed by atoms with E-state index in [9.17, 15) is 8.78 Å². The summed E-state index contributed by atoms with van der Waals surface area (Å²) in [5, 5.41) is 0. The Morgan fingerprint density at radius 1 is 1.27 bits per heavy atom. The molecule has 1 aromatic heterocycles. The molecule has 2 aromatic rings. The van der Waals surface area contributed by atoms with Gasteiger partial charge in [-0.1, -0.05) is 6.07 Å². The molecule has 4 nitrogen and oxygen atoms in total. The molecule has 4 N–H and O–H groups in total. The Hall–Kier alpha value is -2.89. The van der Waals surface area contributed by atoms with Crippen LogP contribution in [0.5, 0.6) is 5.75 Å². The van der Waals surface area contributed by atoms with Crippen LogP contribution in [0.15, 0.2) is 53.9 Å². The quantitative estimate of drug-likeness (QED) is 0.872. The minimum Gasteiger partial charge on any atom is -0.484 e. The van der Waals surface area contributed by atoms with Crippen molar-refractivity contribution < 1.29 is 13.5 Å². The van der Waals surface area contributed by atoms with Crippen molar-refractivity contribution in [2.24, 2.45) is 11.5 Å². The third-order valence-corrected chi connectivity index (χ3v) is 4.36. The summed E-state index contributed by atoms with van der Waals surface area (Å²) in [4.78, 5) is 4.14. The molecule has 6 heteroatoms. The maximum absolute atomic E-state index is 13.9. The van der Waals surface area contributed by atoms with Crippen LogP contribution in [-0.4, -0.2) is 11.1 Å². The Kier molecular flexibility index (Phi) is 5.21. The Labute approximate surface area is 151 Å². The number of benzene rings is 1. The standard InChI is InChI=1S/C20H21F2N3O/c1-12-10-14(8-9-25-12)26-18-7-2-4-13(20(18)24)11-17(23)19-15(21)5-3-6-16(19)22/h3,5-6,8-11,18H,2,4,7,23-24H2,1H3/b17-11-. The van der Waals surface area contributed by atoms with Gasteiger partial charge in [0.15, 0.2) is 0 Å². The van der Waals surface area contributed by atoms with Gasteiger partial charge in [0.25, 0.3) is 0 Å². The molecule has 1 aliphatic rings. The van der Waals surface area contributed by atoms with Crippen LogP contribution in [0.3, 0.4) is 0 Å². The molecule has 1 aromatic carbocycles. The molecule has 0 fully saturated rings. The second-order valence-corrected chi connectivity index (χ2v) is 6.31. The summed E-state index contributed by atoms with van der Waals surface area (Å²) < 4.78 is 33.8. The highest BCUT2D eigenvalue weighted by molar-refractivity contribution is 5.66. The fourth-order valence-corrected chi connectivity index (χ4v) is 3.05. The number of hydrogen-bond donors (Lipinski definition) is 2. The molecule has 0 aliphatic heterocycles. The number of nitrogens with two attached hydrogens (primary N) is 2. The first-order chi connectivity index (χ1) is 12.5. The Balaban J connectivity index is 1.88. The summed E-state index contributed by atoms with van der Waals surface area (Å²) in [5.41, 5.74) is 14.1. The van der Waals surface area contributed by atoms with Gasteiger partial charge in [0.1, 0.15) is 23.5 Å². The Morgan fingerprint density at radius 2 is 2.00 bits per heavy atom. The van der Waals surface area contributed by atoms with Gasteiger partial charge >= 0.3 is 0 Å². The lowest BCUT2D eigenvalue weighted by Gasteiger charge is -2.26. The Morgan fingerprint density at radius 3 is 2.69 bits per heavy atom. The van der Waals surface area contributed by atoms with Crippen LogP contribution >= 0.6 is 0 Å². The molecule has 3 rings (SSSR count). The molecule has 0 saturated carbocycles. The van der Waals surface area contributed by atoms with Crippen molar-refractivity contribution in [2.45, 2.75) is 32.3 Å². The molecule has 0 bridgehead atoms. The van der Waals surface area contributed by atoms with Crippen LogP contribution < -0.4 is 16.2 Å². The predicted molar refractivity (Wildman–Crippen MR) is 97.0 cm³/mol. The molecule has 1 atom stereocenters. The third-order valence-electron chi connectivity index (χ3n) is 4.36. The molecule has 136 valence electrons. The smallest absolute Gasteiger partial charge is 0.138 e. The van der Waals surface area contributed by atoms with Gasteiger partial charge in [-0.15, -0.1) is 0 Å². The summed E-state index contributed by atoms with van der Waals surface area (Å²) in [6.07, 6.45) is 5.19. The van der Waals surface area contributed by atoms with E-state index < -0.39 is 11.6 Å². The second kappa shape index (κ2) is 7.56. The molecule has 26 heavy (non-hydrogen) atoms. The molecule has 0 saturated heterocycles. The summed E-state index contributed by atoms with van der Waals surface area (Å²) in [6, 6.07) is 7.26. The molecule has 0 radical (unpaired) electrons. The molecular formula is C20H21F2N3O. The van der Waals surface area contributed by atoms with E-state index >= 15 is 0 Å². The van der Waals surface area contributed by atoms with Crippen molar-refractivity contribution in [2.75, 3.05) is 0 Å². The first-order valence-electron chi connectivity index (χ1n) is 8.45. The van der Waals surface area contributed by atoms with E-state index in [1.54, 1.807) is 18.3 Å². The van der Waals surface area contributed by atoms with E-state index in [1.165, 1.54) is 18.2 Å². The maximum atomic E-state index is 13.9. The molecule has 1 unspecified atom stereocenters. The van der Waals surface area contributed by atoms with Crippen LogP contribution in [0.25, 0.3) is 5.70 Å². The van der Waals surface area contributed by atoms with Crippen LogP contribution in [0, 0.1) is 18.6 Å². The van der Waals surface area contributed by atoms with Crippen LogP contribution in [0.4, 0.5) is 8.78 Å². The number of rotatable bonds is 4. The number of hydrogen-bond acceptors (Lipinski definition) is 4. The highest BCUT2D eigenvalue weighted by atomic mass is 19.1. The SMILES string of the molecule is Cc1cc(OC2CCCC(/C=C(\N)c3c(F)cccc3F)=C2N)ccn1. The first kappa shape index (κ1) is 17.9. The molecule has 1 heterocycles. The minimum atomic E-state index is -0.700. The summed E-state index contributed by atoms with van der Waals surface area (Å²) in [5.74, 6) is -0.716.